The Balaban J connectivity index is 1.68. The normalized spacial score (nSPS) is 10.6. The summed E-state index contributed by atoms with van der Waals surface area (Å²) in [6.07, 6.45) is 3.30. The van der Waals surface area contributed by atoms with Gasteiger partial charge in [0, 0.05) is 11.6 Å². The average molecular weight is 459 g/mol. The average Bonchev–Trinajstić information content (AvgIpc) is 3.13. The van der Waals surface area contributed by atoms with Crippen molar-refractivity contribution in [1.82, 2.24) is 10.3 Å². The van der Waals surface area contributed by atoms with Gasteiger partial charge in [-0.2, -0.15) is 0 Å². The molecule has 2 N–H and O–H groups in total. The van der Waals surface area contributed by atoms with Crippen LogP contribution < -0.4 is 15.4 Å². The van der Waals surface area contributed by atoms with Crippen LogP contribution in [0.25, 0.3) is 10.2 Å². The maximum atomic E-state index is 12.5. The Morgan fingerprint density at radius 1 is 1.26 bits per heavy atom. The highest BCUT2D eigenvalue weighted by Gasteiger charge is 2.19. The number of carbonyl (C=O) groups excluding carboxylic acids is 1. The van der Waals surface area contributed by atoms with Crippen molar-refractivity contribution in [3.63, 3.8) is 0 Å². The first-order valence-corrected chi connectivity index (χ1v) is 11.1. The Hall–Kier alpha value is -3.11. The Bertz CT molecular complexity index is 1130. The highest BCUT2D eigenvalue weighted by molar-refractivity contribution is 7.80. The number of carbonyl (C=O) groups is 1. The third-order valence-corrected chi connectivity index (χ3v) is 5.57. The van der Waals surface area contributed by atoms with Gasteiger partial charge in [0.05, 0.1) is 21.7 Å². The van der Waals surface area contributed by atoms with Crippen LogP contribution in [0.1, 0.15) is 42.6 Å². The number of amides is 1. The molecule has 2 aromatic carbocycles. The first kappa shape index (κ1) is 22.6. The number of hydrogen-bond donors (Lipinski definition) is 2. The van der Waals surface area contributed by atoms with Crippen molar-refractivity contribution in [2.75, 3.05) is 11.9 Å². The summed E-state index contributed by atoms with van der Waals surface area (Å²) in [6, 6.07) is 10.2. The van der Waals surface area contributed by atoms with Crippen molar-refractivity contribution < 1.29 is 14.5 Å². The minimum absolute atomic E-state index is 0.0619. The molecule has 0 radical (unpaired) electrons. The molecule has 0 aliphatic heterocycles. The molecule has 1 aromatic heterocycles. The summed E-state index contributed by atoms with van der Waals surface area (Å²) in [5.41, 5.74) is 1.93. The number of nitro groups is 1. The monoisotopic (exact) mass is 458 g/mol. The molecule has 0 atom stereocenters. The number of hydrogen-bond acceptors (Lipinski definition) is 7. The number of anilines is 1. The van der Waals surface area contributed by atoms with Crippen molar-refractivity contribution >= 4 is 55.6 Å². The number of ether oxygens (including phenoxy) is 1. The number of nitrogens with zero attached hydrogens (tertiary/aromatic N) is 2. The van der Waals surface area contributed by atoms with Crippen molar-refractivity contribution in [3.05, 3.63) is 57.6 Å². The second-order valence-corrected chi connectivity index (χ2v) is 8.14. The van der Waals surface area contributed by atoms with Gasteiger partial charge in [-0.25, -0.2) is 4.98 Å². The molecule has 0 saturated carbocycles. The van der Waals surface area contributed by atoms with Gasteiger partial charge >= 0.3 is 5.69 Å². The second kappa shape index (κ2) is 10.3. The molecule has 0 bridgehead atoms. The predicted molar refractivity (Wildman–Crippen MR) is 126 cm³/mol. The van der Waals surface area contributed by atoms with Crippen LogP contribution in [0.15, 0.2) is 36.4 Å². The standard InChI is InChI=1S/C21H22N4O4S2/c1-3-5-6-13-7-9-15-18(11-13)31-21(22-15)24-20(30)23-19(26)14-8-10-17(29-4-2)16(12-14)25(27)28/h7-12H,3-6H2,1-2H3,(H2,22,23,24,26,30). The molecule has 10 heteroatoms. The zero-order valence-corrected chi connectivity index (χ0v) is 18.8. The van der Waals surface area contributed by atoms with E-state index in [-0.39, 0.29) is 28.7 Å². The number of thiazole rings is 1. The number of nitrogens with one attached hydrogen (secondary N) is 2. The van der Waals surface area contributed by atoms with E-state index in [1.165, 1.54) is 35.1 Å². The van der Waals surface area contributed by atoms with Gasteiger partial charge < -0.3 is 10.1 Å². The number of aryl methyl sites for hydroxylation is 1. The Kier molecular flexibility index (Phi) is 7.48. The molecule has 8 nitrogen and oxygen atoms in total. The van der Waals surface area contributed by atoms with Gasteiger partial charge in [-0.1, -0.05) is 30.7 Å². The lowest BCUT2D eigenvalue weighted by atomic mass is 10.1. The van der Waals surface area contributed by atoms with Gasteiger partial charge in [-0.05, 0) is 61.8 Å². The molecule has 0 aliphatic carbocycles. The molecule has 0 aliphatic rings. The number of nitro benzene ring substituents is 1. The number of thiocarbonyl (C=S) groups is 1. The van der Waals surface area contributed by atoms with Crippen molar-refractivity contribution in [2.24, 2.45) is 0 Å². The molecule has 162 valence electrons. The molecule has 3 aromatic rings. The zero-order chi connectivity index (χ0) is 22.4. The van der Waals surface area contributed by atoms with E-state index in [1.54, 1.807) is 6.92 Å². The van der Waals surface area contributed by atoms with Gasteiger partial charge in [0.2, 0.25) is 0 Å². The summed E-state index contributed by atoms with van der Waals surface area (Å²) in [5, 5.41) is 17.3. The molecular weight excluding hydrogens is 436 g/mol. The number of rotatable bonds is 8. The van der Waals surface area contributed by atoms with Crippen LogP contribution in [-0.4, -0.2) is 27.5 Å². The maximum Gasteiger partial charge on any atom is 0.311 e. The molecule has 0 fully saturated rings. The van der Waals surface area contributed by atoms with Crippen LogP contribution in [0.4, 0.5) is 10.8 Å². The maximum absolute atomic E-state index is 12.5. The minimum Gasteiger partial charge on any atom is -0.487 e. The molecule has 31 heavy (non-hydrogen) atoms. The van der Waals surface area contributed by atoms with E-state index < -0.39 is 10.8 Å². The topological polar surface area (TPSA) is 106 Å². The lowest BCUT2D eigenvalue weighted by molar-refractivity contribution is -0.385. The predicted octanol–water partition coefficient (Wildman–Crippen LogP) is 5.07. The summed E-state index contributed by atoms with van der Waals surface area (Å²) < 4.78 is 6.27. The lowest BCUT2D eigenvalue weighted by Gasteiger charge is -2.08. The van der Waals surface area contributed by atoms with E-state index >= 15 is 0 Å². The van der Waals surface area contributed by atoms with Crippen LogP contribution in [0.3, 0.4) is 0 Å². The molecule has 0 unspecified atom stereocenters. The Morgan fingerprint density at radius 2 is 2.06 bits per heavy atom. The van der Waals surface area contributed by atoms with Gasteiger partial charge in [0.1, 0.15) is 0 Å². The second-order valence-electron chi connectivity index (χ2n) is 6.71. The Morgan fingerprint density at radius 3 is 2.77 bits per heavy atom. The number of unbranched alkanes of at least 4 members (excludes halogenated alkanes) is 1. The minimum atomic E-state index is -0.589. The summed E-state index contributed by atoms with van der Waals surface area (Å²) in [7, 11) is 0. The van der Waals surface area contributed by atoms with Crippen molar-refractivity contribution in [1.29, 1.82) is 0 Å². The molecule has 0 spiro atoms. The molecule has 1 heterocycles. The smallest absolute Gasteiger partial charge is 0.311 e. The van der Waals surface area contributed by atoms with Crippen LogP contribution in [-0.2, 0) is 6.42 Å². The van der Waals surface area contributed by atoms with Crippen LogP contribution in [0.2, 0.25) is 0 Å². The number of fused-ring (bicyclic) bond motifs is 1. The first-order valence-electron chi connectivity index (χ1n) is 9.84. The van der Waals surface area contributed by atoms with E-state index in [1.807, 2.05) is 6.07 Å². The van der Waals surface area contributed by atoms with E-state index in [0.717, 1.165) is 29.5 Å². The summed E-state index contributed by atoms with van der Waals surface area (Å²) in [4.78, 5) is 27.6. The molecule has 1 amide bonds. The van der Waals surface area contributed by atoms with Crippen molar-refractivity contribution in [2.45, 2.75) is 33.1 Å². The van der Waals surface area contributed by atoms with Crippen LogP contribution >= 0.6 is 23.6 Å². The van der Waals surface area contributed by atoms with Gasteiger partial charge in [0.15, 0.2) is 16.0 Å². The van der Waals surface area contributed by atoms with E-state index in [2.05, 4.69) is 34.7 Å². The van der Waals surface area contributed by atoms with Crippen LogP contribution in [0.5, 0.6) is 5.75 Å². The third-order valence-electron chi connectivity index (χ3n) is 4.44. The first-order chi connectivity index (χ1) is 14.9. The molecular formula is C21H22N4O4S2. The fraction of sp³-hybridized carbons (Fsp3) is 0.286. The zero-order valence-electron chi connectivity index (χ0n) is 17.1. The number of benzene rings is 2. The summed E-state index contributed by atoms with van der Waals surface area (Å²) in [6.45, 7) is 4.17. The summed E-state index contributed by atoms with van der Waals surface area (Å²) in [5.74, 6) is -0.454. The van der Waals surface area contributed by atoms with Crippen molar-refractivity contribution in [3.8, 4) is 5.75 Å². The largest absolute Gasteiger partial charge is 0.487 e. The fourth-order valence-electron chi connectivity index (χ4n) is 2.94. The number of aromatic nitrogens is 1. The van der Waals surface area contributed by atoms with Gasteiger partial charge in [0.25, 0.3) is 5.91 Å². The highest BCUT2D eigenvalue weighted by Crippen LogP contribution is 2.29. The Labute approximate surface area is 188 Å². The van der Waals surface area contributed by atoms with Crippen LogP contribution in [0, 0.1) is 10.1 Å². The quantitative estimate of drug-likeness (QED) is 0.276. The molecule has 3 rings (SSSR count). The van der Waals surface area contributed by atoms with E-state index in [0.29, 0.717) is 5.13 Å². The summed E-state index contributed by atoms with van der Waals surface area (Å²) >= 11 is 6.66. The highest BCUT2D eigenvalue weighted by atomic mass is 32.1. The van der Waals surface area contributed by atoms with E-state index in [9.17, 15) is 14.9 Å². The lowest BCUT2D eigenvalue weighted by Crippen LogP contribution is -2.34. The fourth-order valence-corrected chi connectivity index (χ4v) is 4.13. The van der Waals surface area contributed by atoms with E-state index in [4.69, 9.17) is 17.0 Å². The van der Waals surface area contributed by atoms with Gasteiger partial charge in [-0.15, -0.1) is 0 Å². The SMILES string of the molecule is CCCCc1ccc2nc(NC(=S)NC(=O)c3ccc(OCC)c([N+](=O)[O-])c3)sc2c1. The molecule has 0 saturated heterocycles. The third kappa shape index (κ3) is 5.74. The van der Waals surface area contributed by atoms with Gasteiger partial charge in [-0.3, -0.25) is 20.2 Å².